The Kier molecular flexibility index (Phi) is 2.58. The quantitative estimate of drug-likeness (QED) is 0.790. The van der Waals surface area contributed by atoms with Crippen LogP contribution in [0, 0.1) is 5.82 Å². The van der Waals surface area contributed by atoms with Crippen molar-refractivity contribution in [3.8, 4) is 0 Å². The highest BCUT2D eigenvalue weighted by atomic mass is 19.1. The van der Waals surface area contributed by atoms with Gasteiger partial charge in [-0.2, -0.15) is 0 Å². The van der Waals surface area contributed by atoms with Crippen molar-refractivity contribution in [1.29, 1.82) is 0 Å². The van der Waals surface area contributed by atoms with Crippen LogP contribution in [0.5, 0.6) is 0 Å². The Morgan fingerprint density at radius 3 is 2.80 bits per heavy atom. The van der Waals surface area contributed by atoms with Gasteiger partial charge in [0.15, 0.2) is 0 Å². The maximum Gasteiger partial charge on any atom is 0.136 e. The van der Waals surface area contributed by atoms with Gasteiger partial charge in [-0.1, -0.05) is 6.07 Å². The zero-order chi connectivity index (χ0) is 10.8. The SMILES string of the molecule is CN(C)c1cccc(F)c1C1=NCCN1. The molecule has 1 aliphatic rings. The minimum atomic E-state index is -0.227. The van der Waals surface area contributed by atoms with Crippen LogP contribution in [0.1, 0.15) is 5.56 Å². The first kappa shape index (κ1) is 9.96. The molecule has 0 spiro atoms. The lowest BCUT2D eigenvalue weighted by molar-refractivity contribution is 0.624. The molecule has 15 heavy (non-hydrogen) atoms. The molecule has 0 radical (unpaired) electrons. The fourth-order valence-corrected chi connectivity index (χ4v) is 1.69. The van der Waals surface area contributed by atoms with Gasteiger partial charge in [-0.15, -0.1) is 0 Å². The second-order valence-electron chi connectivity index (χ2n) is 3.69. The third-order valence-electron chi connectivity index (χ3n) is 2.38. The molecule has 0 unspecified atom stereocenters. The van der Waals surface area contributed by atoms with Gasteiger partial charge in [0.1, 0.15) is 11.7 Å². The Bertz CT molecular complexity index is 399. The van der Waals surface area contributed by atoms with Crippen molar-refractivity contribution in [1.82, 2.24) is 5.32 Å². The second kappa shape index (κ2) is 3.88. The predicted octanol–water partition coefficient (Wildman–Crippen LogP) is 1.24. The minimum Gasteiger partial charge on any atom is -0.377 e. The van der Waals surface area contributed by atoms with Crippen LogP contribution >= 0.6 is 0 Å². The first-order chi connectivity index (χ1) is 7.20. The summed E-state index contributed by atoms with van der Waals surface area (Å²) in [5.74, 6) is 0.436. The van der Waals surface area contributed by atoms with E-state index in [2.05, 4.69) is 10.3 Å². The number of anilines is 1. The lowest BCUT2D eigenvalue weighted by Gasteiger charge is -2.17. The third kappa shape index (κ3) is 1.79. The molecule has 0 aliphatic carbocycles. The summed E-state index contributed by atoms with van der Waals surface area (Å²) in [7, 11) is 3.79. The Morgan fingerprint density at radius 2 is 2.20 bits per heavy atom. The Labute approximate surface area is 88.6 Å². The van der Waals surface area contributed by atoms with Gasteiger partial charge in [0.05, 0.1) is 17.8 Å². The molecule has 0 bridgehead atoms. The monoisotopic (exact) mass is 207 g/mol. The van der Waals surface area contributed by atoms with Crippen molar-refractivity contribution >= 4 is 11.5 Å². The first-order valence-electron chi connectivity index (χ1n) is 4.94. The second-order valence-corrected chi connectivity index (χ2v) is 3.69. The largest absolute Gasteiger partial charge is 0.377 e. The van der Waals surface area contributed by atoms with Crippen molar-refractivity contribution in [3.05, 3.63) is 29.6 Å². The topological polar surface area (TPSA) is 27.6 Å². The van der Waals surface area contributed by atoms with E-state index in [1.807, 2.05) is 25.1 Å². The Balaban J connectivity index is 2.51. The van der Waals surface area contributed by atoms with Crippen molar-refractivity contribution in [2.45, 2.75) is 0 Å². The van der Waals surface area contributed by atoms with E-state index in [1.165, 1.54) is 6.07 Å². The molecule has 3 nitrogen and oxygen atoms in total. The van der Waals surface area contributed by atoms with E-state index in [0.717, 1.165) is 18.8 Å². The molecule has 80 valence electrons. The van der Waals surface area contributed by atoms with Crippen molar-refractivity contribution in [2.24, 2.45) is 4.99 Å². The van der Waals surface area contributed by atoms with Crippen molar-refractivity contribution in [3.63, 3.8) is 0 Å². The fraction of sp³-hybridized carbons (Fsp3) is 0.364. The molecule has 0 saturated carbocycles. The maximum absolute atomic E-state index is 13.7. The molecular formula is C11H14FN3. The minimum absolute atomic E-state index is 0.227. The molecule has 1 N–H and O–H groups in total. The summed E-state index contributed by atoms with van der Waals surface area (Å²) >= 11 is 0. The molecular weight excluding hydrogens is 193 g/mol. The summed E-state index contributed by atoms with van der Waals surface area (Å²) in [5, 5.41) is 3.09. The number of halogens is 1. The molecule has 0 fully saturated rings. The number of benzene rings is 1. The Morgan fingerprint density at radius 1 is 1.40 bits per heavy atom. The van der Waals surface area contributed by atoms with Gasteiger partial charge in [0.2, 0.25) is 0 Å². The standard InChI is InChI=1S/C11H14FN3/c1-15(2)9-5-3-4-8(12)10(9)11-13-6-7-14-11/h3-5H,6-7H2,1-2H3,(H,13,14). The van der Waals surface area contributed by atoms with Crippen molar-refractivity contribution in [2.75, 3.05) is 32.1 Å². The number of amidine groups is 1. The van der Waals surface area contributed by atoms with Gasteiger partial charge >= 0.3 is 0 Å². The van der Waals surface area contributed by atoms with Gasteiger partial charge in [-0.05, 0) is 12.1 Å². The van der Waals surface area contributed by atoms with E-state index >= 15 is 0 Å². The van der Waals surface area contributed by atoms with Gasteiger partial charge < -0.3 is 10.2 Å². The lowest BCUT2D eigenvalue weighted by atomic mass is 10.1. The average Bonchev–Trinajstić information content (AvgIpc) is 2.70. The molecule has 1 aliphatic heterocycles. The molecule has 1 aromatic carbocycles. The Hall–Kier alpha value is -1.58. The summed E-state index contributed by atoms with van der Waals surface area (Å²) in [4.78, 5) is 6.14. The summed E-state index contributed by atoms with van der Waals surface area (Å²) in [6.07, 6.45) is 0. The molecule has 4 heteroatoms. The van der Waals surface area contributed by atoms with Crippen molar-refractivity contribution < 1.29 is 4.39 Å². The highest BCUT2D eigenvalue weighted by Gasteiger charge is 2.17. The summed E-state index contributed by atoms with van der Waals surface area (Å²) in [6, 6.07) is 5.06. The molecule has 0 amide bonds. The van der Waals surface area contributed by atoms with E-state index in [-0.39, 0.29) is 5.82 Å². The number of hydrogen-bond donors (Lipinski definition) is 1. The maximum atomic E-state index is 13.7. The predicted molar refractivity (Wildman–Crippen MR) is 60.1 cm³/mol. The average molecular weight is 207 g/mol. The van der Waals surface area contributed by atoms with E-state index in [0.29, 0.717) is 11.4 Å². The van der Waals surface area contributed by atoms with E-state index in [4.69, 9.17) is 0 Å². The van der Waals surface area contributed by atoms with Gasteiger partial charge in [-0.25, -0.2) is 4.39 Å². The van der Waals surface area contributed by atoms with Crippen LogP contribution in [0.15, 0.2) is 23.2 Å². The van der Waals surface area contributed by atoms with E-state index in [9.17, 15) is 4.39 Å². The number of nitrogens with one attached hydrogen (secondary N) is 1. The summed E-state index contributed by atoms with van der Waals surface area (Å²) in [5.41, 5.74) is 1.42. The van der Waals surface area contributed by atoms with Crippen LogP contribution in [-0.4, -0.2) is 33.0 Å². The van der Waals surface area contributed by atoms with Crippen LogP contribution in [0.2, 0.25) is 0 Å². The number of hydrogen-bond acceptors (Lipinski definition) is 3. The first-order valence-corrected chi connectivity index (χ1v) is 4.94. The van der Waals surface area contributed by atoms with Crippen LogP contribution < -0.4 is 10.2 Å². The van der Waals surface area contributed by atoms with Gasteiger partial charge in [0.25, 0.3) is 0 Å². The van der Waals surface area contributed by atoms with Gasteiger partial charge in [0, 0.05) is 20.6 Å². The third-order valence-corrected chi connectivity index (χ3v) is 2.38. The van der Waals surface area contributed by atoms with Crippen LogP contribution in [0.4, 0.5) is 10.1 Å². The fourth-order valence-electron chi connectivity index (χ4n) is 1.69. The molecule has 0 atom stereocenters. The van der Waals surface area contributed by atoms with E-state index < -0.39 is 0 Å². The molecule has 0 saturated heterocycles. The number of aliphatic imine (C=N–C) groups is 1. The number of rotatable bonds is 2. The molecule has 1 aromatic rings. The molecule has 1 heterocycles. The van der Waals surface area contributed by atoms with Crippen LogP contribution in [-0.2, 0) is 0 Å². The molecule has 2 rings (SSSR count). The molecule has 0 aromatic heterocycles. The summed E-state index contributed by atoms with van der Waals surface area (Å²) in [6.45, 7) is 1.51. The van der Waals surface area contributed by atoms with E-state index in [1.54, 1.807) is 6.07 Å². The highest BCUT2D eigenvalue weighted by molar-refractivity contribution is 6.04. The summed E-state index contributed by atoms with van der Waals surface area (Å²) < 4.78 is 13.7. The highest BCUT2D eigenvalue weighted by Crippen LogP contribution is 2.22. The lowest BCUT2D eigenvalue weighted by Crippen LogP contribution is -2.24. The van der Waals surface area contributed by atoms with Gasteiger partial charge in [-0.3, -0.25) is 4.99 Å². The van der Waals surface area contributed by atoms with Crippen LogP contribution in [0.25, 0.3) is 0 Å². The van der Waals surface area contributed by atoms with Crippen LogP contribution in [0.3, 0.4) is 0 Å². The smallest absolute Gasteiger partial charge is 0.136 e. The zero-order valence-electron chi connectivity index (χ0n) is 8.92. The zero-order valence-corrected chi connectivity index (χ0v) is 8.92. The normalized spacial score (nSPS) is 14.7. The number of nitrogens with zero attached hydrogens (tertiary/aromatic N) is 2.